The SMILES string of the molecule is CCCCCc1cc(O)c(-c2cccc(C)c2)c(OP(=O)(CCCCOC(C)=O)OC)c1. The van der Waals surface area contributed by atoms with Gasteiger partial charge in [-0.15, -0.1) is 0 Å². The Morgan fingerprint density at radius 1 is 1.09 bits per heavy atom. The number of carbonyl (C=O) groups is 1. The number of ether oxygens (including phenoxy) is 1. The molecule has 0 amide bonds. The summed E-state index contributed by atoms with van der Waals surface area (Å²) in [4.78, 5) is 10.9. The van der Waals surface area contributed by atoms with Crippen LogP contribution in [-0.4, -0.2) is 31.0 Å². The lowest BCUT2D eigenvalue weighted by atomic mass is 9.98. The van der Waals surface area contributed by atoms with Gasteiger partial charge in [0.05, 0.1) is 18.3 Å². The molecule has 1 N–H and O–H groups in total. The number of hydrogen-bond acceptors (Lipinski definition) is 6. The van der Waals surface area contributed by atoms with E-state index in [4.69, 9.17) is 13.8 Å². The molecule has 0 heterocycles. The molecule has 0 aliphatic carbocycles. The van der Waals surface area contributed by atoms with Crippen molar-refractivity contribution in [3.8, 4) is 22.6 Å². The molecule has 0 saturated heterocycles. The maximum atomic E-state index is 13.3. The number of hydrogen-bond donors (Lipinski definition) is 1. The van der Waals surface area contributed by atoms with Gasteiger partial charge < -0.3 is 18.9 Å². The molecule has 0 bridgehead atoms. The minimum Gasteiger partial charge on any atom is -0.507 e. The van der Waals surface area contributed by atoms with E-state index in [1.54, 1.807) is 6.07 Å². The van der Waals surface area contributed by atoms with Gasteiger partial charge in [0.2, 0.25) is 0 Å². The highest BCUT2D eigenvalue weighted by molar-refractivity contribution is 7.54. The molecule has 6 nitrogen and oxygen atoms in total. The van der Waals surface area contributed by atoms with Gasteiger partial charge in [0.25, 0.3) is 0 Å². The Morgan fingerprint density at radius 3 is 2.53 bits per heavy atom. The van der Waals surface area contributed by atoms with E-state index in [0.717, 1.165) is 42.4 Å². The molecule has 0 radical (unpaired) electrons. The molecule has 0 aliphatic heterocycles. The summed E-state index contributed by atoms with van der Waals surface area (Å²) in [5.41, 5.74) is 3.26. The van der Waals surface area contributed by atoms with Gasteiger partial charge in [0, 0.05) is 14.0 Å². The molecular weight excluding hydrogens is 427 g/mol. The lowest BCUT2D eigenvalue weighted by Gasteiger charge is -2.21. The zero-order chi connectivity index (χ0) is 23.6. The molecule has 0 aromatic heterocycles. The summed E-state index contributed by atoms with van der Waals surface area (Å²) in [6.45, 7) is 5.74. The maximum Gasteiger partial charge on any atom is 0.378 e. The third kappa shape index (κ3) is 7.99. The van der Waals surface area contributed by atoms with E-state index in [9.17, 15) is 14.5 Å². The number of phenols is 1. The lowest BCUT2D eigenvalue weighted by molar-refractivity contribution is -0.141. The van der Waals surface area contributed by atoms with Crippen LogP contribution in [-0.2, 0) is 25.0 Å². The Labute approximate surface area is 191 Å². The standard InChI is InChI=1S/C25H35O6P/c1-5-6-7-12-21-17-23(27)25(22-13-10-11-19(2)16-22)24(18-21)31-32(28,29-4)15-9-8-14-30-20(3)26/h10-11,13,16-18,27H,5-9,12,14-15H2,1-4H3. The van der Waals surface area contributed by atoms with E-state index in [1.165, 1.54) is 14.0 Å². The number of aryl methyl sites for hydroxylation is 2. The summed E-state index contributed by atoms with van der Waals surface area (Å²) >= 11 is 0. The first-order chi connectivity index (χ1) is 15.3. The Hall–Kier alpha value is -2.30. The molecule has 2 aromatic rings. The normalized spacial score (nSPS) is 12.9. The fourth-order valence-corrected chi connectivity index (χ4v) is 4.89. The highest BCUT2D eigenvalue weighted by atomic mass is 31.2. The molecule has 1 atom stereocenters. The molecule has 0 fully saturated rings. The van der Waals surface area contributed by atoms with Crippen molar-refractivity contribution in [3.05, 3.63) is 47.5 Å². The van der Waals surface area contributed by atoms with Gasteiger partial charge in [-0.3, -0.25) is 4.79 Å². The van der Waals surface area contributed by atoms with Crippen LogP contribution in [0.4, 0.5) is 0 Å². The number of rotatable bonds is 13. The fourth-order valence-electron chi connectivity index (χ4n) is 3.49. The second-order valence-electron chi connectivity index (χ2n) is 7.97. The number of unbranched alkanes of at least 4 members (excludes halogenated alkanes) is 3. The van der Waals surface area contributed by atoms with Crippen LogP contribution in [0, 0.1) is 6.92 Å². The Bertz CT molecular complexity index is 940. The summed E-state index contributed by atoms with van der Waals surface area (Å²) in [5.74, 6) is 0.110. The van der Waals surface area contributed by atoms with Crippen LogP contribution in [0.5, 0.6) is 11.5 Å². The molecule has 7 heteroatoms. The topological polar surface area (TPSA) is 82.1 Å². The number of carbonyl (C=O) groups excluding carboxylic acids is 1. The third-order valence-corrected chi connectivity index (χ3v) is 7.06. The van der Waals surface area contributed by atoms with Gasteiger partial charge in [-0.1, -0.05) is 49.6 Å². The first kappa shape index (κ1) is 26.0. The summed E-state index contributed by atoms with van der Waals surface area (Å²) < 4.78 is 29.6. The largest absolute Gasteiger partial charge is 0.507 e. The van der Waals surface area contributed by atoms with Crippen molar-refractivity contribution >= 4 is 13.6 Å². The van der Waals surface area contributed by atoms with Crippen LogP contribution in [0.1, 0.15) is 57.1 Å². The van der Waals surface area contributed by atoms with Gasteiger partial charge in [-0.05, 0) is 55.9 Å². The second kappa shape index (κ2) is 12.7. The molecule has 0 aliphatic rings. The van der Waals surface area contributed by atoms with Crippen molar-refractivity contribution in [2.75, 3.05) is 19.9 Å². The zero-order valence-corrected chi connectivity index (χ0v) is 20.5. The van der Waals surface area contributed by atoms with Gasteiger partial charge in [-0.25, -0.2) is 4.57 Å². The first-order valence-corrected chi connectivity index (χ1v) is 12.9. The summed E-state index contributed by atoms with van der Waals surface area (Å²) in [7, 11) is -2.10. The van der Waals surface area contributed by atoms with Crippen LogP contribution in [0.2, 0.25) is 0 Å². The van der Waals surface area contributed by atoms with E-state index in [-0.39, 0.29) is 24.5 Å². The molecule has 32 heavy (non-hydrogen) atoms. The van der Waals surface area contributed by atoms with Gasteiger partial charge in [0.15, 0.2) is 0 Å². The Morgan fingerprint density at radius 2 is 1.88 bits per heavy atom. The third-order valence-electron chi connectivity index (χ3n) is 5.16. The van der Waals surface area contributed by atoms with Crippen molar-refractivity contribution in [3.63, 3.8) is 0 Å². The van der Waals surface area contributed by atoms with Gasteiger partial charge in [0.1, 0.15) is 11.5 Å². The zero-order valence-electron chi connectivity index (χ0n) is 19.6. The quantitative estimate of drug-likeness (QED) is 0.204. The second-order valence-corrected chi connectivity index (χ2v) is 10.2. The molecular formula is C25H35O6P. The number of phenolic OH excluding ortho intramolecular Hbond substituents is 1. The van der Waals surface area contributed by atoms with E-state index in [0.29, 0.717) is 24.2 Å². The van der Waals surface area contributed by atoms with Crippen LogP contribution in [0.25, 0.3) is 11.1 Å². The van der Waals surface area contributed by atoms with Crippen LogP contribution >= 0.6 is 7.60 Å². The number of esters is 1. The van der Waals surface area contributed by atoms with E-state index >= 15 is 0 Å². The monoisotopic (exact) mass is 462 g/mol. The number of benzene rings is 2. The lowest BCUT2D eigenvalue weighted by Crippen LogP contribution is -2.05. The summed E-state index contributed by atoms with van der Waals surface area (Å²) in [6, 6.07) is 11.4. The fraction of sp³-hybridized carbons (Fsp3) is 0.480. The summed E-state index contributed by atoms with van der Waals surface area (Å²) in [5, 5.41) is 10.9. The van der Waals surface area contributed by atoms with E-state index in [1.807, 2.05) is 37.3 Å². The van der Waals surface area contributed by atoms with E-state index in [2.05, 4.69) is 6.92 Å². The van der Waals surface area contributed by atoms with Crippen molar-refractivity contribution in [1.29, 1.82) is 0 Å². The molecule has 2 rings (SSSR count). The van der Waals surface area contributed by atoms with Crippen molar-refractivity contribution in [1.82, 2.24) is 0 Å². The number of aromatic hydroxyl groups is 1. The predicted molar refractivity (Wildman–Crippen MR) is 127 cm³/mol. The minimum absolute atomic E-state index is 0.0945. The van der Waals surface area contributed by atoms with Crippen molar-refractivity contribution < 1.29 is 28.3 Å². The van der Waals surface area contributed by atoms with Gasteiger partial charge >= 0.3 is 13.6 Å². The highest BCUT2D eigenvalue weighted by Gasteiger charge is 2.27. The predicted octanol–water partition coefficient (Wildman–Crippen LogP) is 6.66. The van der Waals surface area contributed by atoms with Crippen molar-refractivity contribution in [2.45, 2.75) is 59.3 Å². The molecule has 176 valence electrons. The first-order valence-electron chi connectivity index (χ1n) is 11.2. The average molecular weight is 463 g/mol. The highest BCUT2D eigenvalue weighted by Crippen LogP contribution is 2.52. The van der Waals surface area contributed by atoms with Gasteiger partial charge in [-0.2, -0.15) is 0 Å². The van der Waals surface area contributed by atoms with Crippen molar-refractivity contribution in [2.24, 2.45) is 0 Å². The van der Waals surface area contributed by atoms with Crippen LogP contribution in [0.15, 0.2) is 36.4 Å². The molecule has 2 aromatic carbocycles. The van der Waals surface area contributed by atoms with E-state index < -0.39 is 7.60 Å². The maximum absolute atomic E-state index is 13.3. The smallest absolute Gasteiger partial charge is 0.378 e. The Kier molecular flexibility index (Phi) is 10.3. The van der Waals surface area contributed by atoms with Crippen LogP contribution in [0.3, 0.4) is 0 Å². The minimum atomic E-state index is -3.47. The molecule has 1 unspecified atom stereocenters. The summed E-state index contributed by atoms with van der Waals surface area (Å²) in [6.07, 6.45) is 5.24. The average Bonchev–Trinajstić information content (AvgIpc) is 2.73. The molecule has 0 spiro atoms. The molecule has 0 saturated carbocycles. The Balaban J connectivity index is 2.32. The van der Waals surface area contributed by atoms with Crippen LogP contribution < -0.4 is 4.52 Å².